The molecule has 0 N–H and O–H groups in total. The Balaban J connectivity index is 1.62. The Morgan fingerprint density at radius 1 is 1.46 bits per heavy atom. The number of nitrogens with zero attached hydrogens (tertiary/aromatic N) is 1. The summed E-state index contributed by atoms with van der Waals surface area (Å²) in [6.07, 6.45) is 6.77. The molecule has 0 fully saturated rings. The highest BCUT2D eigenvalue weighted by molar-refractivity contribution is 9.10. The lowest BCUT2D eigenvalue weighted by molar-refractivity contribution is -0.145. The summed E-state index contributed by atoms with van der Waals surface area (Å²) in [5.41, 5.74) is 1.68. The van der Waals surface area contributed by atoms with Gasteiger partial charge in [0.2, 0.25) is 0 Å². The van der Waals surface area contributed by atoms with Gasteiger partial charge >= 0.3 is 5.97 Å². The summed E-state index contributed by atoms with van der Waals surface area (Å²) in [5, 5.41) is 2.76. The number of aromatic nitrogens is 1. The Bertz CT molecular complexity index is 756. The minimum Gasteiger partial charge on any atom is -0.496 e. The maximum Gasteiger partial charge on any atom is 0.306 e. The van der Waals surface area contributed by atoms with Crippen LogP contribution in [0, 0.1) is 5.92 Å². The second-order valence-corrected chi connectivity index (χ2v) is 7.39. The van der Waals surface area contributed by atoms with Gasteiger partial charge in [-0.2, -0.15) is 0 Å². The molecule has 0 saturated heterocycles. The van der Waals surface area contributed by atoms with E-state index in [1.807, 2.05) is 23.6 Å². The second kappa shape index (κ2) is 7.94. The normalized spacial score (nSPS) is 16.3. The van der Waals surface area contributed by atoms with E-state index in [1.54, 1.807) is 7.11 Å². The third-order valence-corrected chi connectivity index (χ3v) is 5.28. The summed E-state index contributed by atoms with van der Waals surface area (Å²) in [6.45, 7) is 0.210. The fourth-order valence-electron chi connectivity index (χ4n) is 2.64. The van der Waals surface area contributed by atoms with Gasteiger partial charge in [0.1, 0.15) is 17.4 Å². The summed E-state index contributed by atoms with van der Waals surface area (Å²) in [4.78, 5) is 16.4. The second-order valence-electron chi connectivity index (χ2n) is 5.62. The first-order chi connectivity index (χ1) is 11.7. The number of hydrogen-bond acceptors (Lipinski definition) is 5. The van der Waals surface area contributed by atoms with Crippen molar-refractivity contribution < 1.29 is 14.3 Å². The van der Waals surface area contributed by atoms with Crippen molar-refractivity contribution in [2.24, 2.45) is 5.92 Å². The van der Waals surface area contributed by atoms with Crippen molar-refractivity contribution in [3.63, 3.8) is 0 Å². The molecule has 126 valence electrons. The van der Waals surface area contributed by atoms with E-state index in [0.717, 1.165) is 39.3 Å². The molecule has 1 aliphatic carbocycles. The lowest BCUT2D eigenvalue weighted by Crippen LogP contribution is -2.09. The third kappa shape index (κ3) is 4.24. The fourth-order valence-corrected chi connectivity index (χ4v) is 3.82. The maximum atomic E-state index is 11.9. The van der Waals surface area contributed by atoms with Crippen LogP contribution in [-0.2, 0) is 16.1 Å². The summed E-state index contributed by atoms with van der Waals surface area (Å²) in [6, 6.07) is 5.80. The van der Waals surface area contributed by atoms with E-state index in [0.29, 0.717) is 12.3 Å². The molecule has 1 aromatic carbocycles. The summed E-state index contributed by atoms with van der Waals surface area (Å²) in [5.74, 6) is 0.930. The Kier molecular flexibility index (Phi) is 5.68. The highest BCUT2D eigenvalue weighted by atomic mass is 79.9. The van der Waals surface area contributed by atoms with Crippen LogP contribution < -0.4 is 4.74 Å². The number of carbonyl (C=O) groups is 1. The molecule has 0 spiro atoms. The van der Waals surface area contributed by atoms with E-state index in [1.165, 1.54) is 11.3 Å². The van der Waals surface area contributed by atoms with E-state index in [4.69, 9.17) is 9.47 Å². The maximum absolute atomic E-state index is 11.9. The molecule has 4 nitrogen and oxygen atoms in total. The largest absolute Gasteiger partial charge is 0.496 e. The van der Waals surface area contributed by atoms with E-state index in [2.05, 4.69) is 33.1 Å². The Morgan fingerprint density at radius 2 is 2.33 bits per heavy atom. The molecular formula is C18H18BrNO3S. The lowest BCUT2D eigenvalue weighted by Gasteiger charge is -2.07. The minimum absolute atomic E-state index is 0.166. The molecule has 2 aromatic rings. The highest BCUT2D eigenvalue weighted by Crippen LogP contribution is 2.34. The smallest absolute Gasteiger partial charge is 0.306 e. The summed E-state index contributed by atoms with van der Waals surface area (Å²) in [7, 11) is 1.64. The van der Waals surface area contributed by atoms with Gasteiger partial charge in [-0.1, -0.05) is 28.1 Å². The van der Waals surface area contributed by atoms with Crippen LogP contribution in [0.5, 0.6) is 5.75 Å². The lowest BCUT2D eigenvalue weighted by atomic mass is 10.1. The van der Waals surface area contributed by atoms with E-state index >= 15 is 0 Å². The number of hydrogen-bond donors (Lipinski definition) is 0. The molecule has 24 heavy (non-hydrogen) atoms. The first-order valence-electron chi connectivity index (χ1n) is 7.76. The first-order valence-corrected chi connectivity index (χ1v) is 9.43. The molecule has 0 radical (unpaired) electrons. The molecule has 1 aliphatic rings. The molecule has 0 saturated carbocycles. The third-order valence-electron chi connectivity index (χ3n) is 3.87. The summed E-state index contributed by atoms with van der Waals surface area (Å²) < 4.78 is 11.7. The Hall–Kier alpha value is -1.66. The van der Waals surface area contributed by atoms with Gasteiger partial charge in [-0.3, -0.25) is 4.79 Å². The van der Waals surface area contributed by atoms with Crippen molar-refractivity contribution >= 4 is 33.2 Å². The fraction of sp³-hybridized carbons (Fsp3) is 0.333. The van der Waals surface area contributed by atoms with Gasteiger partial charge in [0.15, 0.2) is 0 Å². The molecule has 1 heterocycles. The molecule has 3 rings (SSSR count). The molecule has 0 aliphatic heterocycles. The van der Waals surface area contributed by atoms with Crippen LogP contribution in [0.2, 0.25) is 0 Å². The van der Waals surface area contributed by atoms with Gasteiger partial charge in [0.25, 0.3) is 0 Å². The van der Waals surface area contributed by atoms with Crippen LogP contribution in [-0.4, -0.2) is 18.1 Å². The van der Waals surface area contributed by atoms with Crippen molar-refractivity contribution in [3.05, 3.63) is 45.9 Å². The van der Waals surface area contributed by atoms with Crippen molar-refractivity contribution in [1.82, 2.24) is 4.98 Å². The van der Waals surface area contributed by atoms with E-state index < -0.39 is 0 Å². The number of rotatable bonds is 6. The van der Waals surface area contributed by atoms with Gasteiger partial charge in [-0.15, -0.1) is 11.3 Å². The highest BCUT2D eigenvalue weighted by Gasteiger charge is 2.16. The molecule has 0 unspecified atom stereocenters. The predicted octanol–water partition coefficient (Wildman–Crippen LogP) is 4.98. The molecule has 0 amide bonds. The van der Waals surface area contributed by atoms with Crippen LogP contribution in [0.4, 0.5) is 0 Å². The van der Waals surface area contributed by atoms with E-state index in [9.17, 15) is 4.79 Å². The van der Waals surface area contributed by atoms with Crippen molar-refractivity contribution in [2.75, 3.05) is 7.11 Å². The van der Waals surface area contributed by atoms with Crippen LogP contribution in [0.1, 0.15) is 25.0 Å². The Labute approximate surface area is 153 Å². The molecule has 1 atom stereocenters. The molecule has 1 aromatic heterocycles. The van der Waals surface area contributed by atoms with Gasteiger partial charge in [-0.05, 0) is 37.0 Å². The Morgan fingerprint density at radius 3 is 3.08 bits per heavy atom. The quantitative estimate of drug-likeness (QED) is 0.500. The average Bonchev–Trinajstić information content (AvgIpc) is 3.24. The standard InChI is InChI=1S/C18H18BrNO3S/c1-22-16-7-6-13(19)9-15(16)18-20-14(11-24-18)10-23-17(21)8-12-4-2-3-5-12/h2,4,6-7,9,11-12H,3,5,8,10H2,1H3/t12-/m0/s1. The number of thiazole rings is 1. The first kappa shape index (κ1) is 17.2. The van der Waals surface area contributed by atoms with Crippen LogP contribution >= 0.6 is 27.3 Å². The SMILES string of the molecule is COc1ccc(Br)cc1-c1nc(COC(=O)C[C@H]2C=CCC2)cs1. The predicted molar refractivity (Wildman–Crippen MR) is 98.1 cm³/mol. The van der Waals surface area contributed by atoms with Gasteiger partial charge in [-0.25, -0.2) is 4.98 Å². The van der Waals surface area contributed by atoms with Crippen molar-refractivity contribution in [2.45, 2.75) is 25.9 Å². The van der Waals surface area contributed by atoms with Crippen molar-refractivity contribution in [3.8, 4) is 16.3 Å². The van der Waals surface area contributed by atoms with Gasteiger partial charge in [0, 0.05) is 9.85 Å². The zero-order valence-corrected chi connectivity index (χ0v) is 15.7. The minimum atomic E-state index is -0.166. The number of ether oxygens (including phenoxy) is 2. The van der Waals surface area contributed by atoms with Gasteiger partial charge < -0.3 is 9.47 Å². The number of carbonyl (C=O) groups excluding carboxylic acids is 1. The number of benzene rings is 1. The zero-order valence-electron chi connectivity index (χ0n) is 13.3. The number of allylic oxidation sites excluding steroid dienone is 2. The molecule has 0 bridgehead atoms. The molecule has 6 heteroatoms. The monoisotopic (exact) mass is 407 g/mol. The average molecular weight is 408 g/mol. The van der Waals surface area contributed by atoms with Crippen LogP contribution in [0.15, 0.2) is 40.2 Å². The summed E-state index contributed by atoms with van der Waals surface area (Å²) >= 11 is 4.98. The topological polar surface area (TPSA) is 48.4 Å². The van der Waals surface area contributed by atoms with Crippen LogP contribution in [0.25, 0.3) is 10.6 Å². The van der Waals surface area contributed by atoms with Gasteiger partial charge in [0.05, 0.1) is 24.8 Å². The molecular weight excluding hydrogens is 390 g/mol. The van der Waals surface area contributed by atoms with E-state index in [-0.39, 0.29) is 12.6 Å². The van der Waals surface area contributed by atoms with Crippen LogP contribution in [0.3, 0.4) is 0 Å². The number of halogens is 1. The number of methoxy groups -OCH3 is 1. The van der Waals surface area contributed by atoms with Crippen molar-refractivity contribution in [1.29, 1.82) is 0 Å². The zero-order chi connectivity index (χ0) is 16.9. The number of esters is 1.